The van der Waals surface area contributed by atoms with Gasteiger partial charge in [0.25, 0.3) is 0 Å². The van der Waals surface area contributed by atoms with Crippen molar-refractivity contribution in [2.75, 3.05) is 57.3 Å². The molecule has 1 aromatic rings. The van der Waals surface area contributed by atoms with Gasteiger partial charge in [0.05, 0.1) is 38.2 Å². The number of carbonyl (C=O) groups is 2. The second kappa shape index (κ2) is 11.9. The monoisotopic (exact) mass is 409 g/mol. The number of ether oxygens (including phenoxy) is 3. The fourth-order valence-corrected chi connectivity index (χ4v) is 2.42. The minimum absolute atomic E-state index is 0. The van der Waals surface area contributed by atoms with Crippen molar-refractivity contribution in [3.05, 3.63) is 23.8 Å². The molecule has 1 heterocycles. The van der Waals surface area contributed by atoms with E-state index in [0.29, 0.717) is 18.9 Å². The van der Waals surface area contributed by atoms with E-state index in [1.54, 1.807) is 12.1 Å². The molecule has 26 heavy (non-hydrogen) atoms. The topological polar surface area (TPSA) is 103 Å². The third-order valence-corrected chi connectivity index (χ3v) is 3.73. The van der Waals surface area contributed by atoms with Gasteiger partial charge in [-0.3, -0.25) is 4.79 Å². The molecule has 1 aliphatic rings. The average molecular weight is 410 g/mol. The highest BCUT2D eigenvalue weighted by molar-refractivity contribution is 6.03. The summed E-state index contributed by atoms with van der Waals surface area (Å²) >= 11 is 0. The Labute approximate surface area is 165 Å². The van der Waals surface area contributed by atoms with Gasteiger partial charge in [-0.1, -0.05) is 0 Å². The summed E-state index contributed by atoms with van der Waals surface area (Å²) in [6.45, 7) is 2.84. The van der Waals surface area contributed by atoms with Gasteiger partial charge < -0.3 is 30.2 Å². The highest BCUT2D eigenvalue weighted by Gasteiger charge is 2.20. The Morgan fingerprint density at radius 2 is 1.92 bits per heavy atom. The van der Waals surface area contributed by atoms with Crippen LogP contribution in [0.25, 0.3) is 0 Å². The summed E-state index contributed by atoms with van der Waals surface area (Å²) in [6.07, 6.45) is 0. The molecule has 1 atom stereocenters. The van der Waals surface area contributed by atoms with Gasteiger partial charge in [-0.2, -0.15) is 0 Å². The first-order valence-corrected chi connectivity index (χ1v) is 7.67. The van der Waals surface area contributed by atoms with Crippen molar-refractivity contribution in [3.63, 3.8) is 0 Å². The standard InChI is InChI=1S/C16H23N3O5.2ClH/c1-22-10-13(17)15(20)18-14-4-3-11(9-12(14)16(21)23-2)19-5-7-24-8-6-19;;/h3-4,9,13H,5-8,10,17H2,1-2H3,(H,18,20);2*1H. The van der Waals surface area contributed by atoms with Crippen molar-refractivity contribution in [1.82, 2.24) is 0 Å². The molecule has 0 spiro atoms. The number of nitrogens with one attached hydrogen (secondary N) is 1. The number of benzene rings is 1. The molecule has 0 aromatic heterocycles. The molecule has 3 N–H and O–H groups in total. The number of nitrogens with zero attached hydrogens (tertiary/aromatic N) is 1. The van der Waals surface area contributed by atoms with Crippen LogP contribution < -0.4 is 16.0 Å². The maximum absolute atomic E-state index is 12.1. The van der Waals surface area contributed by atoms with Crippen LogP contribution in [-0.4, -0.2) is 65.0 Å². The Morgan fingerprint density at radius 3 is 2.50 bits per heavy atom. The molecule has 0 bridgehead atoms. The fourth-order valence-electron chi connectivity index (χ4n) is 2.42. The highest BCUT2D eigenvalue weighted by Crippen LogP contribution is 2.25. The number of esters is 1. The van der Waals surface area contributed by atoms with E-state index < -0.39 is 17.9 Å². The van der Waals surface area contributed by atoms with Crippen molar-refractivity contribution in [1.29, 1.82) is 0 Å². The normalized spacial score (nSPS) is 14.5. The fraction of sp³-hybridized carbons (Fsp3) is 0.500. The number of hydrogen-bond donors (Lipinski definition) is 2. The molecular formula is C16H25Cl2N3O5. The van der Waals surface area contributed by atoms with E-state index in [1.165, 1.54) is 14.2 Å². The summed E-state index contributed by atoms with van der Waals surface area (Å²) in [6, 6.07) is 4.40. The molecule has 1 amide bonds. The lowest BCUT2D eigenvalue weighted by Crippen LogP contribution is -2.39. The molecule has 2 rings (SSSR count). The molecule has 0 saturated carbocycles. The molecular weight excluding hydrogens is 385 g/mol. The van der Waals surface area contributed by atoms with E-state index in [2.05, 4.69) is 10.2 Å². The van der Waals surface area contributed by atoms with E-state index in [4.69, 9.17) is 19.9 Å². The quantitative estimate of drug-likeness (QED) is 0.677. The molecule has 1 saturated heterocycles. The van der Waals surface area contributed by atoms with Crippen LogP contribution in [0.4, 0.5) is 11.4 Å². The van der Waals surface area contributed by atoms with Gasteiger partial charge in [0.1, 0.15) is 6.04 Å². The first-order valence-electron chi connectivity index (χ1n) is 7.67. The first kappa shape index (κ1) is 24.4. The molecule has 0 aliphatic carbocycles. The van der Waals surface area contributed by atoms with Gasteiger partial charge in [0.15, 0.2) is 0 Å². The van der Waals surface area contributed by atoms with Gasteiger partial charge >= 0.3 is 5.97 Å². The van der Waals surface area contributed by atoms with Crippen LogP contribution in [0.1, 0.15) is 10.4 Å². The van der Waals surface area contributed by atoms with Crippen LogP contribution in [0.3, 0.4) is 0 Å². The number of halogens is 2. The predicted molar refractivity (Wildman–Crippen MR) is 104 cm³/mol. The largest absolute Gasteiger partial charge is 0.465 e. The smallest absolute Gasteiger partial charge is 0.340 e. The lowest BCUT2D eigenvalue weighted by atomic mass is 10.1. The molecule has 0 radical (unpaired) electrons. The Kier molecular flexibility index (Phi) is 11.2. The van der Waals surface area contributed by atoms with Gasteiger partial charge in [0, 0.05) is 25.9 Å². The van der Waals surface area contributed by atoms with Crippen LogP contribution in [0.15, 0.2) is 18.2 Å². The van der Waals surface area contributed by atoms with Crippen molar-refractivity contribution < 1.29 is 23.8 Å². The maximum Gasteiger partial charge on any atom is 0.340 e. The molecule has 8 nitrogen and oxygen atoms in total. The zero-order valence-corrected chi connectivity index (χ0v) is 16.4. The lowest BCUT2D eigenvalue weighted by molar-refractivity contribution is -0.118. The second-order valence-electron chi connectivity index (χ2n) is 5.37. The van der Waals surface area contributed by atoms with E-state index in [0.717, 1.165) is 18.8 Å². The maximum atomic E-state index is 12.1. The van der Waals surface area contributed by atoms with Gasteiger partial charge in [-0.05, 0) is 18.2 Å². The Balaban J connectivity index is 0.00000312. The van der Waals surface area contributed by atoms with Gasteiger partial charge in [-0.25, -0.2) is 4.79 Å². The van der Waals surface area contributed by atoms with Crippen LogP contribution >= 0.6 is 24.8 Å². The summed E-state index contributed by atoms with van der Waals surface area (Å²) in [5, 5.41) is 2.65. The number of rotatable bonds is 6. The van der Waals surface area contributed by atoms with Crippen molar-refractivity contribution in [3.8, 4) is 0 Å². The molecule has 1 fully saturated rings. The minimum atomic E-state index is -0.820. The highest BCUT2D eigenvalue weighted by atomic mass is 35.5. The Hall–Kier alpha value is -1.58. The molecule has 10 heteroatoms. The van der Waals surface area contributed by atoms with Crippen molar-refractivity contribution in [2.45, 2.75) is 6.04 Å². The van der Waals surface area contributed by atoms with Gasteiger partial charge in [0.2, 0.25) is 5.91 Å². The third-order valence-electron chi connectivity index (χ3n) is 3.73. The minimum Gasteiger partial charge on any atom is -0.465 e. The molecule has 148 valence electrons. The lowest BCUT2D eigenvalue weighted by Gasteiger charge is -2.29. The van der Waals surface area contributed by atoms with Crippen LogP contribution in [0.5, 0.6) is 0 Å². The summed E-state index contributed by atoms with van der Waals surface area (Å²) in [4.78, 5) is 26.2. The number of anilines is 2. The average Bonchev–Trinajstić information content (AvgIpc) is 2.62. The van der Waals surface area contributed by atoms with Crippen molar-refractivity contribution in [2.24, 2.45) is 5.73 Å². The number of carbonyl (C=O) groups excluding carboxylic acids is 2. The summed E-state index contributed by atoms with van der Waals surface area (Å²) < 4.78 is 15.0. The van der Waals surface area contributed by atoms with Crippen LogP contribution in [0, 0.1) is 0 Å². The van der Waals surface area contributed by atoms with Crippen LogP contribution in [0.2, 0.25) is 0 Å². The first-order chi connectivity index (χ1) is 11.6. The Bertz CT molecular complexity index is 597. The third kappa shape index (κ3) is 6.30. The van der Waals surface area contributed by atoms with Crippen LogP contribution in [-0.2, 0) is 19.0 Å². The van der Waals surface area contributed by atoms with E-state index in [1.807, 2.05) is 6.07 Å². The number of nitrogens with two attached hydrogens (primary N) is 1. The van der Waals surface area contributed by atoms with E-state index >= 15 is 0 Å². The molecule has 1 aliphatic heterocycles. The van der Waals surface area contributed by atoms with Crippen molar-refractivity contribution >= 4 is 48.1 Å². The number of morpholine rings is 1. The van der Waals surface area contributed by atoms with Gasteiger partial charge in [-0.15, -0.1) is 24.8 Å². The number of hydrogen-bond acceptors (Lipinski definition) is 7. The summed E-state index contributed by atoms with van der Waals surface area (Å²) in [5.41, 5.74) is 7.21. The van der Waals surface area contributed by atoms with E-state index in [9.17, 15) is 9.59 Å². The number of methoxy groups -OCH3 is 2. The van der Waals surface area contributed by atoms with E-state index in [-0.39, 0.29) is 37.0 Å². The molecule has 1 aromatic carbocycles. The predicted octanol–water partition coefficient (Wildman–Crippen LogP) is 1.07. The number of amides is 1. The zero-order chi connectivity index (χ0) is 17.5. The zero-order valence-electron chi connectivity index (χ0n) is 14.7. The second-order valence-corrected chi connectivity index (χ2v) is 5.37. The Morgan fingerprint density at radius 1 is 1.27 bits per heavy atom. The molecule has 1 unspecified atom stereocenters. The summed E-state index contributed by atoms with van der Waals surface area (Å²) in [5.74, 6) is -0.957. The summed E-state index contributed by atoms with van der Waals surface area (Å²) in [7, 11) is 2.76. The SMILES string of the molecule is COCC(N)C(=O)Nc1ccc(N2CCOCC2)cc1C(=O)OC.Cl.Cl.